The molecule has 0 saturated heterocycles. The summed E-state index contributed by atoms with van der Waals surface area (Å²) in [4.78, 5) is 21.9. The summed E-state index contributed by atoms with van der Waals surface area (Å²) in [6, 6.07) is 10.8. The number of fused-ring (bicyclic) bond motifs is 1. The number of aromatic nitrogens is 4. The average Bonchev–Trinajstić information content (AvgIpc) is 2.82. The van der Waals surface area contributed by atoms with Gasteiger partial charge < -0.3 is 5.32 Å². The minimum atomic E-state index is -0.340. The van der Waals surface area contributed by atoms with Crippen LogP contribution in [0.25, 0.3) is 27.9 Å². The van der Waals surface area contributed by atoms with Crippen molar-refractivity contribution >= 4 is 28.6 Å². The van der Waals surface area contributed by atoms with Crippen LogP contribution in [0, 0.1) is 12.7 Å². The molecule has 0 amide bonds. The Balaban J connectivity index is 1.52. The number of nitrogens with zero attached hydrogens (tertiary/aromatic N) is 5. The van der Waals surface area contributed by atoms with Crippen molar-refractivity contribution < 1.29 is 4.39 Å². The van der Waals surface area contributed by atoms with E-state index < -0.39 is 0 Å². The lowest BCUT2D eigenvalue weighted by Gasteiger charge is -2.10. The maximum atomic E-state index is 14.6. The zero-order valence-electron chi connectivity index (χ0n) is 18.5. The number of pyridine rings is 2. The fourth-order valence-electron chi connectivity index (χ4n) is 3.34. The predicted octanol–water partition coefficient (Wildman–Crippen LogP) is 5.76. The number of anilines is 1. The Kier molecular flexibility index (Phi) is 6.59. The number of nitrogens with one attached hydrogen (secondary N) is 1. The second-order valence-electron chi connectivity index (χ2n) is 7.38. The zero-order valence-corrected chi connectivity index (χ0v) is 18.5. The van der Waals surface area contributed by atoms with E-state index in [2.05, 4.69) is 31.8 Å². The molecule has 7 heteroatoms. The van der Waals surface area contributed by atoms with E-state index in [0.29, 0.717) is 29.0 Å². The summed E-state index contributed by atoms with van der Waals surface area (Å²) in [5.74, 6) is 0.249. The van der Waals surface area contributed by atoms with E-state index in [1.807, 2.05) is 38.1 Å². The molecule has 0 radical (unpaired) electrons. The first kappa shape index (κ1) is 22.0. The molecule has 6 nitrogen and oxygen atoms in total. The predicted molar refractivity (Wildman–Crippen MR) is 131 cm³/mol. The molecular formula is C26H23FN6. The van der Waals surface area contributed by atoms with Crippen LogP contribution < -0.4 is 5.32 Å². The number of halogens is 1. The molecule has 0 aliphatic heterocycles. The second-order valence-corrected chi connectivity index (χ2v) is 7.38. The molecule has 1 N–H and O–H groups in total. The first-order valence-corrected chi connectivity index (χ1v) is 10.5. The van der Waals surface area contributed by atoms with Gasteiger partial charge in [-0.3, -0.25) is 9.98 Å². The zero-order chi connectivity index (χ0) is 23.2. The first-order valence-electron chi connectivity index (χ1n) is 10.5. The number of aliphatic imine (C=N–C) groups is 1. The molecule has 3 heterocycles. The van der Waals surface area contributed by atoms with Gasteiger partial charge in [-0.05, 0) is 55.3 Å². The van der Waals surface area contributed by atoms with Crippen LogP contribution in [0.3, 0.4) is 0 Å². The van der Waals surface area contributed by atoms with Crippen molar-refractivity contribution in [2.45, 2.75) is 20.4 Å². The molecule has 0 saturated carbocycles. The highest BCUT2D eigenvalue weighted by Crippen LogP contribution is 2.24. The summed E-state index contributed by atoms with van der Waals surface area (Å²) >= 11 is 0. The number of rotatable bonds is 7. The first-order chi connectivity index (χ1) is 16.0. The largest absolute Gasteiger partial charge is 0.364 e. The average molecular weight is 439 g/mol. The van der Waals surface area contributed by atoms with Crippen molar-refractivity contribution in [3.8, 4) is 11.3 Å². The Morgan fingerprint density at radius 1 is 1.12 bits per heavy atom. The monoisotopic (exact) mass is 438 g/mol. The van der Waals surface area contributed by atoms with Crippen LogP contribution in [0.2, 0.25) is 0 Å². The summed E-state index contributed by atoms with van der Waals surface area (Å²) in [7, 11) is 0. The lowest BCUT2D eigenvalue weighted by molar-refractivity contribution is 0.622. The van der Waals surface area contributed by atoms with Gasteiger partial charge in [0.2, 0.25) is 0 Å². The highest BCUT2D eigenvalue weighted by Gasteiger charge is 2.10. The Morgan fingerprint density at radius 2 is 1.97 bits per heavy atom. The lowest BCUT2D eigenvalue weighted by atomic mass is 10.0. The van der Waals surface area contributed by atoms with Crippen LogP contribution >= 0.6 is 0 Å². The summed E-state index contributed by atoms with van der Waals surface area (Å²) in [5, 5.41) is 3.24. The maximum Gasteiger partial charge on any atom is 0.154 e. The van der Waals surface area contributed by atoms with Crippen LogP contribution in [0.15, 0.2) is 78.8 Å². The minimum Gasteiger partial charge on any atom is -0.364 e. The van der Waals surface area contributed by atoms with Gasteiger partial charge in [0, 0.05) is 48.2 Å². The van der Waals surface area contributed by atoms with Gasteiger partial charge >= 0.3 is 0 Å². The maximum absolute atomic E-state index is 14.6. The molecule has 33 heavy (non-hydrogen) atoms. The molecule has 0 spiro atoms. The number of aryl methyl sites for hydroxylation is 1. The topological polar surface area (TPSA) is 76.0 Å². The van der Waals surface area contributed by atoms with E-state index in [0.717, 1.165) is 28.0 Å². The van der Waals surface area contributed by atoms with Gasteiger partial charge in [0.15, 0.2) is 5.82 Å². The third-order valence-electron chi connectivity index (χ3n) is 5.00. The third-order valence-corrected chi connectivity index (χ3v) is 5.00. The van der Waals surface area contributed by atoms with Crippen molar-refractivity contribution in [2.24, 2.45) is 4.99 Å². The molecule has 0 bridgehead atoms. The van der Waals surface area contributed by atoms with E-state index in [1.54, 1.807) is 43.1 Å². The fraction of sp³-hybridized carbons (Fsp3) is 0.115. The number of allylic oxidation sites excluding steroid dienone is 2. The van der Waals surface area contributed by atoms with E-state index in [-0.39, 0.29) is 5.82 Å². The van der Waals surface area contributed by atoms with E-state index in [9.17, 15) is 4.39 Å². The van der Waals surface area contributed by atoms with Crippen LogP contribution in [0.1, 0.15) is 23.7 Å². The van der Waals surface area contributed by atoms with Crippen LogP contribution in [-0.4, -0.2) is 26.2 Å². The van der Waals surface area contributed by atoms with E-state index in [1.165, 1.54) is 6.07 Å². The van der Waals surface area contributed by atoms with E-state index in [4.69, 9.17) is 4.98 Å². The molecular weight excluding hydrogens is 415 g/mol. The normalized spacial score (nSPS) is 11.5. The highest BCUT2D eigenvalue weighted by atomic mass is 19.1. The standard InChI is InChI=1S/C26H23FN6/c1-4-28-10-7-17(2)21-6-5-19(14-22(21)27)15-32-26-25-23(9-12-30-26)33-24(16-31-25)20-8-11-29-18(3)13-20/h4-14,16H,2,15H2,1,3H3,(H,30,32). The lowest BCUT2D eigenvalue weighted by Crippen LogP contribution is -2.04. The smallest absolute Gasteiger partial charge is 0.154 e. The van der Waals surface area contributed by atoms with Gasteiger partial charge in [0.25, 0.3) is 0 Å². The second kappa shape index (κ2) is 9.91. The Bertz CT molecular complexity index is 1380. The van der Waals surface area contributed by atoms with E-state index >= 15 is 0 Å². The fourth-order valence-corrected chi connectivity index (χ4v) is 3.34. The van der Waals surface area contributed by atoms with Gasteiger partial charge in [0.1, 0.15) is 11.3 Å². The van der Waals surface area contributed by atoms with Crippen LogP contribution in [0.4, 0.5) is 10.2 Å². The number of hydrogen-bond acceptors (Lipinski definition) is 6. The molecule has 4 rings (SSSR count). The molecule has 0 atom stereocenters. The van der Waals surface area contributed by atoms with Crippen molar-refractivity contribution in [3.63, 3.8) is 0 Å². The number of hydrogen-bond donors (Lipinski definition) is 1. The third kappa shape index (κ3) is 5.15. The Morgan fingerprint density at radius 3 is 2.76 bits per heavy atom. The van der Waals surface area contributed by atoms with Crippen LogP contribution in [0.5, 0.6) is 0 Å². The SMILES string of the molecule is C=C(C=CN=CC)c1ccc(CNc2nccc3nc(-c4ccnc(C)c4)cnc23)cc1F. The van der Waals surface area contributed by atoms with Crippen LogP contribution in [-0.2, 0) is 6.54 Å². The Labute approximate surface area is 191 Å². The van der Waals surface area contributed by atoms with Crippen molar-refractivity contribution in [1.82, 2.24) is 19.9 Å². The van der Waals surface area contributed by atoms with Gasteiger partial charge in [0.05, 0.1) is 17.4 Å². The molecule has 0 aliphatic carbocycles. The molecule has 0 fully saturated rings. The molecule has 4 aromatic rings. The van der Waals surface area contributed by atoms with Crippen molar-refractivity contribution in [1.29, 1.82) is 0 Å². The number of benzene rings is 1. The molecule has 3 aromatic heterocycles. The highest BCUT2D eigenvalue weighted by molar-refractivity contribution is 5.86. The van der Waals surface area contributed by atoms with Gasteiger partial charge in [-0.1, -0.05) is 18.7 Å². The Hall–Kier alpha value is -4.26. The summed E-state index contributed by atoms with van der Waals surface area (Å²) in [6.45, 7) is 8.04. The van der Waals surface area contributed by atoms with Gasteiger partial charge in [-0.15, -0.1) is 0 Å². The summed E-state index contributed by atoms with van der Waals surface area (Å²) < 4.78 is 14.6. The van der Waals surface area contributed by atoms with Gasteiger partial charge in [-0.25, -0.2) is 19.3 Å². The van der Waals surface area contributed by atoms with Crippen molar-refractivity contribution in [2.75, 3.05) is 5.32 Å². The molecule has 164 valence electrons. The molecule has 0 unspecified atom stereocenters. The minimum absolute atomic E-state index is 0.340. The quantitative estimate of drug-likeness (QED) is 0.293. The summed E-state index contributed by atoms with van der Waals surface area (Å²) in [5.41, 5.74) is 5.78. The molecule has 1 aromatic carbocycles. The van der Waals surface area contributed by atoms with Crippen molar-refractivity contribution in [3.05, 3.63) is 96.5 Å². The van der Waals surface area contributed by atoms with Gasteiger partial charge in [-0.2, -0.15) is 0 Å². The summed E-state index contributed by atoms with van der Waals surface area (Å²) in [6.07, 6.45) is 10.1. The molecule has 0 aliphatic rings.